The molecule has 5 rings (SSSR count). The van der Waals surface area contributed by atoms with Crippen LogP contribution in [0.15, 0.2) is 103 Å². The van der Waals surface area contributed by atoms with Gasteiger partial charge in [0.05, 0.1) is 24.2 Å². The summed E-state index contributed by atoms with van der Waals surface area (Å²) in [6, 6.07) is 15.6. The van der Waals surface area contributed by atoms with Gasteiger partial charge in [-0.1, -0.05) is 30.3 Å². The maximum atomic E-state index is 13.0. The summed E-state index contributed by atoms with van der Waals surface area (Å²) >= 11 is 0. The third-order valence-electron chi connectivity index (χ3n) is 6.97. The predicted molar refractivity (Wildman–Crippen MR) is 167 cm³/mol. The van der Waals surface area contributed by atoms with Crippen molar-refractivity contribution in [1.82, 2.24) is 0 Å². The number of anilines is 1. The van der Waals surface area contributed by atoms with Crippen molar-refractivity contribution >= 4 is 55.0 Å². The van der Waals surface area contributed by atoms with Crippen molar-refractivity contribution in [3.05, 3.63) is 83.8 Å². The van der Waals surface area contributed by atoms with Gasteiger partial charge in [0.15, 0.2) is 11.8 Å². The average Bonchev–Trinajstić information content (AvgIpc) is 3.29. The van der Waals surface area contributed by atoms with Gasteiger partial charge in [0.1, 0.15) is 27.8 Å². The van der Waals surface area contributed by atoms with Gasteiger partial charge < -0.3 is 14.9 Å². The van der Waals surface area contributed by atoms with E-state index in [0.717, 1.165) is 17.0 Å². The van der Waals surface area contributed by atoms with Crippen LogP contribution in [-0.2, 0) is 31.7 Å². The van der Waals surface area contributed by atoms with Crippen molar-refractivity contribution in [3.63, 3.8) is 0 Å². The van der Waals surface area contributed by atoms with Gasteiger partial charge in [-0.3, -0.25) is 4.79 Å². The number of carbonyl (C=O) groups is 1. The molecule has 0 aromatic heterocycles. The molecule has 1 atom stereocenters. The number of methoxy groups -OCH3 is 1. The Balaban J connectivity index is 0.00000461. The number of phenolic OH excluding ortho intramolecular Hbond substituents is 2. The number of sulfone groups is 1. The molecule has 0 saturated carbocycles. The molecular weight excluding hydrogens is 648 g/mol. The summed E-state index contributed by atoms with van der Waals surface area (Å²) in [5, 5.41) is 45.8. The second kappa shape index (κ2) is 13.0. The first-order valence-corrected chi connectivity index (χ1v) is 14.8. The molecule has 1 radical (unpaired) electrons. The third kappa shape index (κ3) is 6.48. The van der Waals surface area contributed by atoms with Gasteiger partial charge in [0.2, 0.25) is 9.84 Å². The number of azo groups is 2. The van der Waals surface area contributed by atoms with Gasteiger partial charge in [-0.05, 0) is 62.1 Å². The van der Waals surface area contributed by atoms with Crippen molar-refractivity contribution in [1.29, 1.82) is 0 Å². The summed E-state index contributed by atoms with van der Waals surface area (Å²) in [7, 11) is -2.62. The van der Waals surface area contributed by atoms with E-state index < -0.39 is 21.6 Å². The first-order valence-electron chi connectivity index (χ1n) is 13.3. The molecule has 1 aliphatic heterocycles. The van der Waals surface area contributed by atoms with Gasteiger partial charge >= 0.3 is 0 Å². The molecule has 4 aromatic carbocycles. The summed E-state index contributed by atoms with van der Waals surface area (Å²) in [5.41, 5.74) is 3.21. The summed E-state index contributed by atoms with van der Waals surface area (Å²) in [6.45, 7) is 8.68. The molecule has 0 saturated heterocycles. The molecule has 12 nitrogen and oxygen atoms in total. The van der Waals surface area contributed by atoms with Crippen LogP contribution in [0.5, 0.6) is 17.2 Å². The van der Waals surface area contributed by atoms with Crippen LogP contribution in [0.2, 0.25) is 0 Å². The van der Waals surface area contributed by atoms with Crippen LogP contribution in [0.1, 0.15) is 18.1 Å². The molecule has 1 aliphatic rings. The number of hydrazone groups is 1. The molecule has 4 aromatic rings. The van der Waals surface area contributed by atoms with Crippen molar-refractivity contribution in [2.24, 2.45) is 25.6 Å². The number of aromatic hydroxyl groups is 2. The minimum Gasteiger partial charge on any atom is -0.506 e. The quantitative estimate of drug-likeness (QED) is 0.149. The fourth-order valence-corrected chi connectivity index (χ4v) is 5.44. The number of hydrogen-bond donors (Lipinski definition) is 2. The molecule has 0 spiro atoms. The molecule has 2 N–H and O–H groups in total. The number of fused-ring (bicyclic) bond motifs is 1. The van der Waals surface area contributed by atoms with E-state index >= 15 is 0 Å². The number of amides is 1. The van der Waals surface area contributed by atoms with E-state index in [9.17, 15) is 23.4 Å². The SMILES string of the molecule is C=CS(=O)(=O)c1cc(O)c(N=Nc2c(C)cc3ccc(N=NC4C(=O)N(c5ccc(C)cc5)N=C4C)cc3c2O)cc1OC.[Cu]. The van der Waals surface area contributed by atoms with E-state index in [4.69, 9.17) is 4.74 Å². The zero-order chi connectivity index (χ0) is 31.8. The van der Waals surface area contributed by atoms with Crippen LogP contribution in [0.25, 0.3) is 10.8 Å². The molecule has 1 amide bonds. The van der Waals surface area contributed by atoms with E-state index in [2.05, 4.69) is 32.1 Å². The third-order valence-corrected chi connectivity index (χ3v) is 8.34. The molecule has 0 aliphatic carbocycles. The summed E-state index contributed by atoms with van der Waals surface area (Å²) in [5.74, 6) is -1.05. The fraction of sp³-hybridized carbons (Fsp3) is 0.161. The van der Waals surface area contributed by atoms with E-state index in [1.807, 2.05) is 31.2 Å². The number of phenols is 2. The molecule has 45 heavy (non-hydrogen) atoms. The Labute approximate surface area is 269 Å². The second-order valence-electron chi connectivity index (χ2n) is 10.0. The molecule has 1 unspecified atom stereocenters. The number of carbonyl (C=O) groups excluding carboxylic acids is 1. The number of rotatable bonds is 8. The van der Waals surface area contributed by atoms with Crippen molar-refractivity contribution in [3.8, 4) is 17.2 Å². The monoisotopic (exact) mass is 675 g/mol. The molecular formula is C31H28CuN6O6S. The zero-order valence-corrected chi connectivity index (χ0v) is 26.3. The molecule has 14 heteroatoms. The van der Waals surface area contributed by atoms with E-state index in [1.165, 1.54) is 18.2 Å². The summed E-state index contributed by atoms with van der Waals surface area (Å²) in [4.78, 5) is 12.8. The predicted octanol–water partition coefficient (Wildman–Crippen LogP) is 7.08. The first kappa shape index (κ1) is 33.0. The normalized spacial score (nSPS) is 15.1. The van der Waals surface area contributed by atoms with Crippen LogP contribution in [0.3, 0.4) is 0 Å². The van der Waals surface area contributed by atoms with Crippen LogP contribution in [0, 0.1) is 13.8 Å². The Hall–Kier alpha value is -4.91. The molecule has 0 fully saturated rings. The number of nitrogens with zero attached hydrogens (tertiary/aromatic N) is 6. The van der Waals surface area contributed by atoms with Gasteiger partial charge in [-0.15, -0.1) is 10.2 Å². The second-order valence-corrected chi connectivity index (χ2v) is 11.9. The largest absolute Gasteiger partial charge is 0.506 e. The van der Waals surface area contributed by atoms with E-state index in [0.29, 0.717) is 33.4 Å². The number of benzene rings is 4. The van der Waals surface area contributed by atoms with E-state index in [1.54, 1.807) is 38.1 Å². The maximum absolute atomic E-state index is 13.0. The standard InChI is InChI=1S/C31H28N6O6S.Cu/c1-6-44(41,42)27-16-25(38)24(15-26(27)43-5)33-34-28-18(3)13-20-9-10-21(14-23(20)30(28)39)32-35-29-19(4)36-37(31(29)40)22-11-7-17(2)8-12-22;/h6-16,29,38-39H,1H2,2-5H3;. The molecule has 235 valence electrons. The van der Waals surface area contributed by atoms with Gasteiger partial charge in [0, 0.05) is 40.0 Å². The van der Waals surface area contributed by atoms with Gasteiger partial charge in [-0.25, -0.2) is 8.42 Å². The van der Waals surface area contributed by atoms with Crippen LogP contribution in [0.4, 0.5) is 22.7 Å². The Morgan fingerprint density at radius 1 is 0.978 bits per heavy atom. The fourth-order valence-electron chi connectivity index (χ4n) is 4.56. The first-order chi connectivity index (χ1) is 20.9. The van der Waals surface area contributed by atoms with Gasteiger partial charge in [-0.2, -0.15) is 20.3 Å². The summed E-state index contributed by atoms with van der Waals surface area (Å²) < 4.78 is 29.7. The minimum absolute atomic E-state index is 0. The Bertz CT molecular complexity index is 2030. The van der Waals surface area contributed by atoms with Crippen LogP contribution in [-0.4, -0.2) is 43.4 Å². The Morgan fingerprint density at radius 2 is 1.69 bits per heavy atom. The molecule has 0 bridgehead atoms. The smallest absolute Gasteiger partial charge is 0.280 e. The zero-order valence-electron chi connectivity index (χ0n) is 24.6. The Kier molecular flexibility index (Phi) is 9.52. The number of ether oxygens (including phenoxy) is 1. The Morgan fingerprint density at radius 3 is 2.36 bits per heavy atom. The van der Waals surface area contributed by atoms with Gasteiger partial charge in [0.25, 0.3) is 5.91 Å². The topological polar surface area (TPSA) is 166 Å². The van der Waals surface area contributed by atoms with Crippen molar-refractivity contribution in [2.75, 3.05) is 12.1 Å². The average molecular weight is 676 g/mol. The van der Waals surface area contributed by atoms with Crippen molar-refractivity contribution < 1.29 is 45.2 Å². The number of hydrogen-bond acceptors (Lipinski definition) is 11. The molecule has 1 heterocycles. The summed E-state index contributed by atoms with van der Waals surface area (Å²) in [6.07, 6.45) is 0. The maximum Gasteiger partial charge on any atom is 0.280 e. The van der Waals surface area contributed by atoms with E-state index in [-0.39, 0.29) is 50.7 Å². The van der Waals surface area contributed by atoms with Crippen LogP contribution >= 0.6 is 0 Å². The minimum atomic E-state index is -3.90. The van der Waals surface area contributed by atoms with Crippen molar-refractivity contribution in [2.45, 2.75) is 31.7 Å². The number of aryl methyl sites for hydroxylation is 2. The van der Waals surface area contributed by atoms with Crippen LogP contribution < -0.4 is 9.75 Å².